The zero-order valence-electron chi connectivity index (χ0n) is 10.4. The summed E-state index contributed by atoms with van der Waals surface area (Å²) in [7, 11) is 1.31. The minimum atomic E-state index is -0.524. The molecule has 0 unspecified atom stereocenters. The molecule has 92 valence electrons. The number of esters is 1. The van der Waals surface area contributed by atoms with Gasteiger partial charge < -0.3 is 4.74 Å². The molecule has 0 aliphatic rings. The maximum atomic E-state index is 11.2. The fourth-order valence-electron chi connectivity index (χ4n) is 1.64. The lowest BCUT2D eigenvalue weighted by atomic mass is 10.0. The molecule has 1 aromatic carbocycles. The summed E-state index contributed by atoms with van der Waals surface area (Å²) in [6, 6.07) is 8.17. The highest BCUT2D eigenvalue weighted by Crippen LogP contribution is 2.19. The number of benzene rings is 1. The summed E-state index contributed by atoms with van der Waals surface area (Å²) in [5.74, 6) is -0.447. The fourth-order valence-corrected chi connectivity index (χ4v) is 1.64. The van der Waals surface area contributed by atoms with E-state index in [2.05, 4.69) is 33.8 Å². The summed E-state index contributed by atoms with van der Waals surface area (Å²) in [6.45, 7) is 2.11. The fraction of sp³-hybridized carbons (Fsp3) is 0.214. The first-order valence-corrected chi connectivity index (χ1v) is 5.74. The minimum absolute atomic E-state index is 0.0768. The van der Waals surface area contributed by atoms with Crippen LogP contribution in [0, 0.1) is 0 Å². The molecule has 4 nitrogen and oxygen atoms in total. The lowest BCUT2D eigenvalue weighted by molar-refractivity contribution is 0.0586. The molecular weight excluding hydrogens is 228 g/mol. The van der Waals surface area contributed by atoms with Crippen LogP contribution in [-0.4, -0.2) is 23.0 Å². The van der Waals surface area contributed by atoms with Crippen LogP contribution in [0.2, 0.25) is 0 Å². The van der Waals surface area contributed by atoms with Crippen LogP contribution in [0.25, 0.3) is 11.1 Å². The number of hydrogen-bond acceptors (Lipinski definition) is 4. The maximum Gasteiger partial charge on any atom is 0.376 e. The zero-order valence-corrected chi connectivity index (χ0v) is 10.4. The smallest absolute Gasteiger partial charge is 0.376 e. The Morgan fingerprint density at radius 3 is 2.56 bits per heavy atom. The topological polar surface area (TPSA) is 52.1 Å². The first-order valence-electron chi connectivity index (χ1n) is 5.74. The van der Waals surface area contributed by atoms with E-state index in [4.69, 9.17) is 0 Å². The molecule has 0 spiro atoms. The quantitative estimate of drug-likeness (QED) is 0.776. The molecule has 0 saturated carbocycles. The van der Waals surface area contributed by atoms with Crippen molar-refractivity contribution in [2.45, 2.75) is 13.3 Å². The molecule has 18 heavy (non-hydrogen) atoms. The number of ether oxygens (including phenoxy) is 1. The predicted octanol–water partition coefficient (Wildman–Crippen LogP) is 2.49. The molecule has 0 radical (unpaired) electrons. The second kappa shape index (κ2) is 5.40. The second-order valence-electron chi connectivity index (χ2n) is 3.84. The van der Waals surface area contributed by atoms with Crippen LogP contribution in [0.3, 0.4) is 0 Å². The van der Waals surface area contributed by atoms with Gasteiger partial charge in [0.1, 0.15) is 0 Å². The van der Waals surface area contributed by atoms with Gasteiger partial charge in [-0.25, -0.2) is 14.8 Å². The van der Waals surface area contributed by atoms with Crippen LogP contribution < -0.4 is 0 Å². The standard InChI is InChI=1S/C14H14N2O2/c1-3-10-5-4-6-11(7-10)12-8-15-13(16-9-12)14(17)18-2/h4-9H,3H2,1-2H3. The molecule has 4 heteroatoms. The van der Waals surface area contributed by atoms with E-state index >= 15 is 0 Å². The molecule has 0 bridgehead atoms. The van der Waals surface area contributed by atoms with Gasteiger partial charge in [-0.3, -0.25) is 0 Å². The van der Waals surface area contributed by atoms with Crippen molar-refractivity contribution >= 4 is 5.97 Å². The first-order chi connectivity index (χ1) is 8.74. The SMILES string of the molecule is CCc1cccc(-c2cnc(C(=O)OC)nc2)c1. The van der Waals surface area contributed by atoms with E-state index in [0.717, 1.165) is 17.5 Å². The van der Waals surface area contributed by atoms with E-state index in [1.807, 2.05) is 12.1 Å². The van der Waals surface area contributed by atoms with Crippen LogP contribution in [0.5, 0.6) is 0 Å². The van der Waals surface area contributed by atoms with Gasteiger partial charge in [0.15, 0.2) is 0 Å². The van der Waals surface area contributed by atoms with Gasteiger partial charge in [-0.15, -0.1) is 0 Å². The van der Waals surface area contributed by atoms with Crippen LogP contribution in [-0.2, 0) is 11.2 Å². The molecule has 0 fully saturated rings. The van der Waals surface area contributed by atoms with Crippen molar-refractivity contribution in [3.63, 3.8) is 0 Å². The highest BCUT2D eigenvalue weighted by atomic mass is 16.5. The average Bonchev–Trinajstić information content (AvgIpc) is 2.46. The maximum absolute atomic E-state index is 11.2. The Labute approximate surface area is 106 Å². The third kappa shape index (κ3) is 2.53. The van der Waals surface area contributed by atoms with Crippen molar-refractivity contribution in [1.82, 2.24) is 9.97 Å². The Balaban J connectivity index is 2.31. The number of nitrogens with zero attached hydrogens (tertiary/aromatic N) is 2. The number of rotatable bonds is 3. The molecular formula is C14H14N2O2. The van der Waals surface area contributed by atoms with E-state index in [1.165, 1.54) is 12.7 Å². The van der Waals surface area contributed by atoms with Crippen molar-refractivity contribution in [2.75, 3.05) is 7.11 Å². The average molecular weight is 242 g/mol. The van der Waals surface area contributed by atoms with Gasteiger partial charge >= 0.3 is 5.97 Å². The van der Waals surface area contributed by atoms with Gasteiger partial charge in [0.2, 0.25) is 5.82 Å². The number of hydrogen-bond donors (Lipinski definition) is 0. The van der Waals surface area contributed by atoms with E-state index < -0.39 is 5.97 Å². The number of aromatic nitrogens is 2. The molecule has 0 amide bonds. The number of aryl methyl sites for hydroxylation is 1. The molecule has 0 aliphatic heterocycles. The Hall–Kier alpha value is -2.23. The number of carbonyl (C=O) groups is 1. The van der Waals surface area contributed by atoms with Crippen LogP contribution in [0.15, 0.2) is 36.7 Å². The summed E-state index contributed by atoms with van der Waals surface area (Å²) in [4.78, 5) is 19.2. The normalized spacial score (nSPS) is 10.1. The Kier molecular flexibility index (Phi) is 3.67. The van der Waals surface area contributed by atoms with Crippen LogP contribution in [0.1, 0.15) is 23.1 Å². The highest BCUT2D eigenvalue weighted by molar-refractivity contribution is 5.85. The lowest BCUT2D eigenvalue weighted by Gasteiger charge is -2.04. The largest absolute Gasteiger partial charge is 0.463 e. The number of methoxy groups -OCH3 is 1. The summed E-state index contributed by atoms with van der Waals surface area (Å²) in [5, 5.41) is 0. The monoisotopic (exact) mass is 242 g/mol. The van der Waals surface area contributed by atoms with Gasteiger partial charge in [-0.1, -0.05) is 31.2 Å². The molecule has 0 atom stereocenters. The van der Waals surface area contributed by atoms with Gasteiger partial charge in [0, 0.05) is 18.0 Å². The van der Waals surface area contributed by atoms with E-state index in [0.29, 0.717) is 0 Å². The molecule has 0 saturated heterocycles. The van der Waals surface area contributed by atoms with E-state index in [9.17, 15) is 4.79 Å². The third-order valence-corrected chi connectivity index (χ3v) is 2.69. The lowest BCUT2D eigenvalue weighted by Crippen LogP contribution is -2.06. The second-order valence-corrected chi connectivity index (χ2v) is 3.84. The van der Waals surface area contributed by atoms with Crippen molar-refractivity contribution in [2.24, 2.45) is 0 Å². The summed E-state index contributed by atoms with van der Waals surface area (Å²) in [6.07, 6.45) is 4.25. The van der Waals surface area contributed by atoms with Gasteiger partial charge in [-0.2, -0.15) is 0 Å². The van der Waals surface area contributed by atoms with E-state index in [-0.39, 0.29) is 5.82 Å². The van der Waals surface area contributed by atoms with Gasteiger partial charge in [0.05, 0.1) is 7.11 Å². The molecule has 0 N–H and O–H groups in total. The summed E-state index contributed by atoms with van der Waals surface area (Å²) >= 11 is 0. The Bertz CT molecular complexity index is 550. The third-order valence-electron chi connectivity index (χ3n) is 2.69. The van der Waals surface area contributed by atoms with Gasteiger partial charge in [-0.05, 0) is 17.5 Å². The Morgan fingerprint density at radius 1 is 1.22 bits per heavy atom. The minimum Gasteiger partial charge on any atom is -0.463 e. The van der Waals surface area contributed by atoms with Crippen molar-refractivity contribution in [1.29, 1.82) is 0 Å². The molecule has 0 aliphatic carbocycles. The molecule has 1 heterocycles. The van der Waals surface area contributed by atoms with Crippen LogP contribution in [0.4, 0.5) is 0 Å². The van der Waals surface area contributed by atoms with Gasteiger partial charge in [0.25, 0.3) is 0 Å². The summed E-state index contributed by atoms with van der Waals surface area (Å²) in [5.41, 5.74) is 3.19. The number of carbonyl (C=O) groups excluding carboxylic acids is 1. The Morgan fingerprint density at radius 2 is 1.94 bits per heavy atom. The van der Waals surface area contributed by atoms with Crippen molar-refractivity contribution < 1.29 is 9.53 Å². The van der Waals surface area contributed by atoms with Crippen LogP contribution >= 0.6 is 0 Å². The molecule has 2 aromatic rings. The van der Waals surface area contributed by atoms with Crippen molar-refractivity contribution in [3.05, 3.63) is 48.0 Å². The van der Waals surface area contributed by atoms with E-state index in [1.54, 1.807) is 12.4 Å². The molecule has 2 rings (SSSR count). The predicted molar refractivity (Wildman–Crippen MR) is 68.2 cm³/mol. The van der Waals surface area contributed by atoms with Crippen molar-refractivity contribution in [3.8, 4) is 11.1 Å². The zero-order chi connectivity index (χ0) is 13.0. The molecule has 1 aromatic heterocycles. The first kappa shape index (κ1) is 12.2. The summed E-state index contributed by atoms with van der Waals surface area (Å²) < 4.78 is 4.55. The highest BCUT2D eigenvalue weighted by Gasteiger charge is 2.08.